The number of pyridine rings is 1. The predicted molar refractivity (Wildman–Crippen MR) is 107 cm³/mol. The number of ether oxygens (including phenoxy) is 1. The van der Waals surface area contributed by atoms with Crippen LogP contribution in [0.1, 0.15) is 11.3 Å². The Morgan fingerprint density at radius 1 is 1.35 bits per heavy atom. The molecule has 2 N–H and O–H groups in total. The molecule has 2 atom stereocenters. The van der Waals surface area contributed by atoms with Crippen LogP contribution >= 0.6 is 11.3 Å². The summed E-state index contributed by atoms with van der Waals surface area (Å²) in [4.78, 5) is 29.4. The number of aliphatic carboxylic acids is 1. The number of carboxylic acid groups (broad SMARTS) is 1. The van der Waals surface area contributed by atoms with E-state index in [9.17, 15) is 18.0 Å². The molecule has 2 fully saturated rings. The van der Waals surface area contributed by atoms with Crippen LogP contribution in [0, 0.1) is 11.3 Å². The van der Waals surface area contributed by atoms with E-state index in [1.807, 2.05) is 18.2 Å². The lowest BCUT2D eigenvalue weighted by Gasteiger charge is -2.28. The zero-order chi connectivity index (χ0) is 22.5. The molecule has 0 aromatic carbocycles. The number of halogens is 3. The number of thiophene rings is 1. The molecule has 2 aromatic heterocycles. The highest BCUT2D eigenvalue weighted by Crippen LogP contribution is 2.42. The summed E-state index contributed by atoms with van der Waals surface area (Å²) in [6.45, 7) is 3.93. The van der Waals surface area contributed by atoms with Gasteiger partial charge in [0.15, 0.2) is 0 Å². The van der Waals surface area contributed by atoms with Gasteiger partial charge in [-0.3, -0.25) is 9.69 Å². The zero-order valence-electron chi connectivity index (χ0n) is 16.5. The van der Waals surface area contributed by atoms with Crippen molar-refractivity contribution in [2.75, 3.05) is 26.2 Å². The van der Waals surface area contributed by atoms with Gasteiger partial charge in [-0.1, -0.05) is 12.1 Å². The van der Waals surface area contributed by atoms with Crippen LogP contribution in [-0.2, 0) is 16.1 Å². The molecule has 0 unspecified atom stereocenters. The van der Waals surface area contributed by atoms with Gasteiger partial charge in [-0.05, 0) is 30.5 Å². The van der Waals surface area contributed by atoms with Crippen molar-refractivity contribution in [3.63, 3.8) is 0 Å². The zero-order valence-corrected chi connectivity index (χ0v) is 17.3. The summed E-state index contributed by atoms with van der Waals surface area (Å²) in [7, 11) is 0. The maximum absolute atomic E-state index is 12.6. The Bertz CT molecular complexity index is 880. The third kappa shape index (κ3) is 5.73. The Morgan fingerprint density at radius 2 is 2.13 bits per heavy atom. The first-order chi connectivity index (χ1) is 14.7. The van der Waals surface area contributed by atoms with Gasteiger partial charge in [0.05, 0.1) is 12.0 Å². The summed E-state index contributed by atoms with van der Waals surface area (Å²) in [5.41, 5.74) is -0.313. The number of likely N-dealkylation sites (tertiary alicyclic amines) is 1. The third-order valence-electron chi connectivity index (χ3n) is 5.39. The second-order valence-corrected chi connectivity index (χ2v) is 8.42. The highest BCUT2D eigenvalue weighted by atomic mass is 32.1. The average molecular weight is 457 g/mol. The molecule has 0 radical (unpaired) electrons. The molecule has 11 heteroatoms. The Labute approximate surface area is 180 Å². The molecule has 0 aliphatic carbocycles. The van der Waals surface area contributed by atoms with E-state index in [2.05, 4.69) is 32.7 Å². The van der Waals surface area contributed by atoms with Crippen molar-refractivity contribution < 1.29 is 32.6 Å². The van der Waals surface area contributed by atoms with Crippen LogP contribution in [-0.4, -0.2) is 59.3 Å². The number of hydrogen-bond donors (Lipinski definition) is 2. The minimum absolute atomic E-state index is 0.186. The summed E-state index contributed by atoms with van der Waals surface area (Å²) in [6, 6.07) is 9.88. The van der Waals surface area contributed by atoms with Gasteiger partial charge in [0, 0.05) is 42.7 Å². The van der Waals surface area contributed by atoms with E-state index in [0.717, 1.165) is 26.1 Å². The summed E-state index contributed by atoms with van der Waals surface area (Å²) < 4.78 is 37.6. The largest absolute Gasteiger partial charge is 0.490 e. The maximum Gasteiger partial charge on any atom is 0.490 e. The summed E-state index contributed by atoms with van der Waals surface area (Å²) in [5, 5.41) is 12.3. The van der Waals surface area contributed by atoms with E-state index in [0.29, 0.717) is 19.0 Å². The van der Waals surface area contributed by atoms with Crippen LogP contribution in [0.3, 0.4) is 0 Å². The number of amides is 1. The van der Waals surface area contributed by atoms with Gasteiger partial charge < -0.3 is 15.2 Å². The van der Waals surface area contributed by atoms with Crippen molar-refractivity contribution in [2.24, 2.45) is 11.3 Å². The highest BCUT2D eigenvalue weighted by Gasteiger charge is 2.54. The van der Waals surface area contributed by atoms with Crippen LogP contribution in [0.15, 0.2) is 41.9 Å². The summed E-state index contributed by atoms with van der Waals surface area (Å²) >= 11 is 1.77. The van der Waals surface area contributed by atoms with E-state index < -0.39 is 12.1 Å². The standard InChI is InChI=1S/C18H21N3O2S.C2HF3O2/c22-17-18(6-8-21(13-18)11-15-4-3-9-24-15)14(10-20-17)12-23-16-5-1-2-7-19-16;3-2(4,5)1(6)7/h1-5,7,9,14H,6,8,10-13H2,(H,20,22);(H,6,7)/t14-,18-;/m1./s1. The van der Waals surface area contributed by atoms with Crippen LogP contribution in [0.2, 0.25) is 0 Å². The number of alkyl halides is 3. The molecular weight excluding hydrogens is 435 g/mol. The minimum atomic E-state index is -5.08. The Balaban J connectivity index is 0.000000339. The van der Waals surface area contributed by atoms with Crippen LogP contribution in [0.4, 0.5) is 13.2 Å². The molecular formula is C20H22F3N3O4S. The Kier molecular flexibility index (Phi) is 7.16. The van der Waals surface area contributed by atoms with Crippen LogP contribution < -0.4 is 10.1 Å². The van der Waals surface area contributed by atoms with Crippen molar-refractivity contribution in [3.8, 4) is 5.88 Å². The highest BCUT2D eigenvalue weighted by molar-refractivity contribution is 7.09. The first-order valence-corrected chi connectivity index (χ1v) is 10.5. The number of hydrogen-bond acceptors (Lipinski definition) is 6. The number of carboxylic acids is 1. The second-order valence-electron chi connectivity index (χ2n) is 7.38. The Hall–Kier alpha value is -2.66. The lowest BCUT2D eigenvalue weighted by atomic mass is 9.77. The predicted octanol–water partition coefficient (Wildman–Crippen LogP) is 2.79. The molecule has 4 heterocycles. The molecule has 168 valence electrons. The van der Waals surface area contributed by atoms with E-state index in [-0.39, 0.29) is 17.2 Å². The van der Waals surface area contributed by atoms with Gasteiger partial charge >= 0.3 is 12.1 Å². The first kappa shape index (κ1) is 23.0. The summed E-state index contributed by atoms with van der Waals surface area (Å²) in [6.07, 6.45) is -2.46. The van der Waals surface area contributed by atoms with Gasteiger partial charge in [-0.15, -0.1) is 11.3 Å². The van der Waals surface area contributed by atoms with Crippen molar-refractivity contribution in [3.05, 3.63) is 46.8 Å². The van der Waals surface area contributed by atoms with Crippen molar-refractivity contribution >= 4 is 23.2 Å². The van der Waals surface area contributed by atoms with E-state index in [4.69, 9.17) is 14.6 Å². The lowest BCUT2D eigenvalue weighted by molar-refractivity contribution is -0.192. The average Bonchev–Trinajstić information content (AvgIpc) is 3.45. The van der Waals surface area contributed by atoms with Crippen molar-refractivity contribution in [2.45, 2.75) is 19.1 Å². The quantitative estimate of drug-likeness (QED) is 0.718. The third-order valence-corrected chi connectivity index (χ3v) is 6.26. The topological polar surface area (TPSA) is 91.8 Å². The number of carbonyl (C=O) groups is 2. The van der Waals surface area contributed by atoms with Gasteiger partial charge in [-0.2, -0.15) is 13.2 Å². The fourth-order valence-corrected chi connectivity index (χ4v) is 4.55. The summed E-state index contributed by atoms with van der Waals surface area (Å²) in [5.74, 6) is -1.75. The van der Waals surface area contributed by atoms with Gasteiger partial charge in [0.1, 0.15) is 0 Å². The number of nitrogens with one attached hydrogen (secondary N) is 1. The monoisotopic (exact) mass is 457 g/mol. The molecule has 2 aliphatic heterocycles. The molecule has 0 saturated carbocycles. The molecule has 1 amide bonds. The molecule has 4 rings (SSSR count). The second kappa shape index (κ2) is 9.65. The molecule has 1 spiro atoms. The molecule has 31 heavy (non-hydrogen) atoms. The number of aromatic nitrogens is 1. The molecule has 7 nitrogen and oxygen atoms in total. The normalized spacial score (nSPS) is 23.3. The van der Waals surface area contributed by atoms with Crippen molar-refractivity contribution in [1.29, 1.82) is 0 Å². The molecule has 0 bridgehead atoms. The molecule has 2 saturated heterocycles. The lowest BCUT2D eigenvalue weighted by Crippen LogP contribution is -2.40. The van der Waals surface area contributed by atoms with Gasteiger partial charge in [0.2, 0.25) is 11.8 Å². The van der Waals surface area contributed by atoms with Gasteiger partial charge in [0.25, 0.3) is 0 Å². The fraction of sp³-hybridized carbons (Fsp3) is 0.450. The van der Waals surface area contributed by atoms with Crippen LogP contribution in [0.25, 0.3) is 0 Å². The van der Waals surface area contributed by atoms with E-state index in [1.54, 1.807) is 17.5 Å². The number of carbonyl (C=O) groups excluding carboxylic acids is 1. The number of rotatable bonds is 5. The first-order valence-electron chi connectivity index (χ1n) is 9.58. The van der Waals surface area contributed by atoms with Crippen LogP contribution in [0.5, 0.6) is 5.88 Å². The van der Waals surface area contributed by atoms with E-state index in [1.165, 1.54) is 4.88 Å². The number of nitrogens with zero attached hydrogens (tertiary/aromatic N) is 2. The smallest absolute Gasteiger partial charge is 0.477 e. The Morgan fingerprint density at radius 3 is 2.74 bits per heavy atom. The van der Waals surface area contributed by atoms with Crippen molar-refractivity contribution in [1.82, 2.24) is 15.2 Å². The molecule has 2 aliphatic rings. The van der Waals surface area contributed by atoms with E-state index >= 15 is 0 Å². The van der Waals surface area contributed by atoms with Gasteiger partial charge in [-0.25, -0.2) is 9.78 Å². The SMILES string of the molecule is O=C(O)C(F)(F)F.O=C1NC[C@H](COc2ccccn2)[C@]12CCN(Cc1cccs1)C2. The maximum atomic E-state index is 12.6. The fourth-order valence-electron chi connectivity index (χ4n) is 3.80. The minimum Gasteiger partial charge on any atom is -0.477 e. The molecule has 2 aromatic rings.